The van der Waals surface area contributed by atoms with Crippen molar-refractivity contribution in [2.75, 3.05) is 19.6 Å². The maximum absolute atomic E-state index is 12.0. The summed E-state index contributed by atoms with van der Waals surface area (Å²) in [6.07, 6.45) is 7.50. The lowest BCUT2D eigenvalue weighted by atomic mass is 9.82. The lowest BCUT2D eigenvalue weighted by Gasteiger charge is -2.28. The molecule has 1 aliphatic carbocycles. The van der Waals surface area contributed by atoms with Crippen molar-refractivity contribution in [1.29, 1.82) is 0 Å². The van der Waals surface area contributed by atoms with Crippen LogP contribution in [0.4, 0.5) is 0 Å². The molecule has 0 aromatic carbocycles. The molecule has 3 nitrogen and oxygen atoms in total. The number of hydrogen-bond acceptors (Lipinski definition) is 2. The molecule has 0 aromatic heterocycles. The maximum atomic E-state index is 12.0. The molecule has 0 bridgehead atoms. The highest BCUT2D eigenvalue weighted by Crippen LogP contribution is 2.28. The van der Waals surface area contributed by atoms with Gasteiger partial charge in [0.1, 0.15) is 0 Å². The van der Waals surface area contributed by atoms with E-state index in [4.69, 9.17) is 0 Å². The summed E-state index contributed by atoms with van der Waals surface area (Å²) in [4.78, 5) is 12.0. The molecule has 0 spiro atoms. The normalized spacial score (nSPS) is 34.3. The minimum atomic E-state index is 0.213. The Hall–Kier alpha value is -0.570. The second kappa shape index (κ2) is 6.39. The second-order valence-corrected chi connectivity index (χ2v) is 5.93. The van der Waals surface area contributed by atoms with Gasteiger partial charge in [0.15, 0.2) is 0 Å². The van der Waals surface area contributed by atoms with E-state index in [0.29, 0.717) is 0 Å². The molecule has 1 aliphatic heterocycles. The average molecular weight is 238 g/mol. The summed E-state index contributed by atoms with van der Waals surface area (Å²) in [6.45, 7) is 5.18. The summed E-state index contributed by atoms with van der Waals surface area (Å²) < 4.78 is 0. The fourth-order valence-electron chi connectivity index (χ4n) is 3.21. The van der Waals surface area contributed by atoms with Crippen LogP contribution in [0.15, 0.2) is 0 Å². The molecule has 3 heteroatoms. The van der Waals surface area contributed by atoms with Crippen LogP contribution in [-0.2, 0) is 4.79 Å². The van der Waals surface area contributed by atoms with Gasteiger partial charge in [-0.25, -0.2) is 0 Å². The number of carbonyl (C=O) groups excluding carboxylic acids is 1. The van der Waals surface area contributed by atoms with Crippen molar-refractivity contribution in [2.24, 2.45) is 17.8 Å². The quantitative estimate of drug-likeness (QED) is 0.789. The third kappa shape index (κ3) is 3.98. The Balaban J connectivity index is 1.68. The van der Waals surface area contributed by atoms with Crippen molar-refractivity contribution >= 4 is 5.91 Å². The number of piperidine rings is 1. The van der Waals surface area contributed by atoms with Gasteiger partial charge in [-0.05, 0) is 44.1 Å². The first-order valence-corrected chi connectivity index (χ1v) is 7.24. The van der Waals surface area contributed by atoms with E-state index in [1.54, 1.807) is 0 Å². The number of amides is 1. The van der Waals surface area contributed by atoms with Gasteiger partial charge in [0.05, 0.1) is 5.92 Å². The van der Waals surface area contributed by atoms with E-state index in [2.05, 4.69) is 17.6 Å². The molecule has 2 aliphatic rings. The topological polar surface area (TPSA) is 41.1 Å². The Morgan fingerprint density at radius 2 is 2.18 bits per heavy atom. The van der Waals surface area contributed by atoms with Crippen molar-refractivity contribution in [3.63, 3.8) is 0 Å². The van der Waals surface area contributed by atoms with Gasteiger partial charge >= 0.3 is 0 Å². The fourth-order valence-corrected chi connectivity index (χ4v) is 3.21. The largest absolute Gasteiger partial charge is 0.356 e. The molecule has 2 rings (SSSR count). The lowest BCUT2D eigenvalue weighted by Crippen LogP contribution is -2.42. The van der Waals surface area contributed by atoms with Crippen LogP contribution in [0.1, 0.15) is 45.4 Å². The Bertz CT molecular complexity index is 249. The molecule has 1 heterocycles. The number of rotatable bonds is 3. The summed E-state index contributed by atoms with van der Waals surface area (Å²) >= 11 is 0. The average Bonchev–Trinajstić information content (AvgIpc) is 2.37. The van der Waals surface area contributed by atoms with Crippen LogP contribution in [-0.4, -0.2) is 25.5 Å². The van der Waals surface area contributed by atoms with E-state index in [1.165, 1.54) is 25.7 Å². The molecule has 1 saturated heterocycles. The zero-order valence-electron chi connectivity index (χ0n) is 11.0. The van der Waals surface area contributed by atoms with Crippen molar-refractivity contribution in [3.8, 4) is 0 Å². The van der Waals surface area contributed by atoms with Crippen LogP contribution < -0.4 is 10.6 Å². The third-order valence-corrected chi connectivity index (χ3v) is 4.28. The summed E-state index contributed by atoms with van der Waals surface area (Å²) in [5, 5.41) is 6.46. The minimum Gasteiger partial charge on any atom is -0.356 e. The summed E-state index contributed by atoms with van der Waals surface area (Å²) in [7, 11) is 0. The molecule has 0 radical (unpaired) electrons. The van der Waals surface area contributed by atoms with Gasteiger partial charge in [-0.1, -0.05) is 19.8 Å². The van der Waals surface area contributed by atoms with Gasteiger partial charge in [0, 0.05) is 13.1 Å². The summed E-state index contributed by atoms with van der Waals surface area (Å²) in [6, 6.07) is 0. The predicted octanol–water partition coefficient (Wildman–Crippen LogP) is 1.93. The van der Waals surface area contributed by atoms with Crippen LogP contribution >= 0.6 is 0 Å². The fraction of sp³-hybridized carbons (Fsp3) is 0.929. The first-order valence-electron chi connectivity index (χ1n) is 7.24. The molecule has 2 fully saturated rings. The van der Waals surface area contributed by atoms with E-state index >= 15 is 0 Å². The smallest absolute Gasteiger partial charge is 0.224 e. The van der Waals surface area contributed by atoms with Gasteiger partial charge in [-0.15, -0.1) is 0 Å². The summed E-state index contributed by atoms with van der Waals surface area (Å²) in [5.41, 5.74) is 0. The zero-order chi connectivity index (χ0) is 12.1. The van der Waals surface area contributed by atoms with Crippen LogP contribution in [0.25, 0.3) is 0 Å². The molecular formula is C14H26N2O. The Labute approximate surface area is 105 Å². The van der Waals surface area contributed by atoms with Gasteiger partial charge in [-0.2, -0.15) is 0 Å². The van der Waals surface area contributed by atoms with Gasteiger partial charge in [-0.3, -0.25) is 4.79 Å². The zero-order valence-corrected chi connectivity index (χ0v) is 11.0. The molecule has 3 atom stereocenters. The van der Waals surface area contributed by atoms with Gasteiger partial charge in [0.2, 0.25) is 5.91 Å². The molecular weight excluding hydrogens is 212 g/mol. The van der Waals surface area contributed by atoms with Crippen LogP contribution in [0.5, 0.6) is 0 Å². The van der Waals surface area contributed by atoms with Crippen LogP contribution in [0.2, 0.25) is 0 Å². The lowest BCUT2D eigenvalue weighted by molar-refractivity contribution is -0.125. The number of nitrogens with one attached hydrogen (secondary N) is 2. The van der Waals surface area contributed by atoms with Gasteiger partial charge in [0.25, 0.3) is 0 Å². The highest BCUT2D eigenvalue weighted by molar-refractivity contribution is 5.78. The minimum absolute atomic E-state index is 0.213. The maximum Gasteiger partial charge on any atom is 0.224 e. The number of carbonyl (C=O) groups is 1. The predicted molar refractivity (Wildman–Crippen MR) is 69.7 cm³/mol. The van der Waals surface area contributed by atoms with Crippen molar-refractivity contribution in [2.45, 2.75) is 45.4 Å². The van der Waals surface area contributed by atoms with E-state index in [9.17, 15) is 4.79 Å². The highest BCUT2D eigenvalue weighted by atomic mass is 16.1. The SMILES string of the molecule is CC1CCCC(CNC(=O)C2CCCNC2)C1. The molecule has 17 heavy (non-hydrogen) atoms. The summed E-state index contributed by atoms with van der Waals surface area (Å²) in [5.74, 6) is 2.06. The van der Waals surface area contributed by atoms with Crippen molar-refractivity contribution in [1.82, 2.24) is 10.6 Å². The molecule has 1 amide bonds. The second-order valence-electron chi connectivity index (χ2n) is 5.93. The highest BCUT2D eigenvalue weighted by Gasteiger charge is 2.23. The third-order valence-electron chi connectivity index (χ3n) is 4.28. The Morgan fingerprint density at radius 3 is 2.88 bits per heavy atom. The van der Waals surface area contributed by atoms with Crippen molar-refractivity contribution < 1.29 is 4.79 Å². The van der Waals surface area contributed by atoms with E-state index in [1.807, 2.05) is 0 Å². The van der Waals surface area contributed by atoms with E-state index < -0.39 is 0 Å². The van der Waals surface area contributed by atoms with Crippen molar-refractivity contribution in [3.05, 3.63) is 0 Å². The standard InChI is InChI=1S/C14H26N2O/c1-11-4-2-5-12(8-11)9-16-14(17)13-6-3-7-15-10-13/h11-13,15H,2-10H2,1H3,(H,16,17). The van der Waals surface area contributed by atoms with Crippen LogP contribution in [0.3, 0.4) is 0 Å². The van der Waals surface area contributed by atoms with E-state index in [0.717, 1.165) is 44.3 Å². The molecule has 98 valence electrons. The monoisotopic (exact) mass is 238 g/mol. The molecule has 1 saturated carbocycles. The first-order chi connectivity index (χ1) is 8.25. The van der Waals surface area contributed by atoms with E-state index in [-0.39, 0.29) is 11.8 Å². The molecule has 0 aromatic rings. The molecule has 3 unspecified atom stereocenters. The number of hydrogen-bond donors (Lipinski definition) is 2. The van der Waals surface area contributed by atoms with Crippen LogP contribution in [0, 0.1) is 17.8 Å². The Kier molecular flexibility index (Phi) is 4.84. The first kappa shape index (κ1) is 12.9. The Morgan fingerprint density at radius 1 is 1.29 bits per heavy atom. The van der Waals surface area contributed by atoms with Gasteiger partial charge < -0.3 is 10.6 Å². The molecule has 2 N–H and O–H groups in total.